The van der Waals surface area contributed by atoms with E-state index in [0.717, 1.165) is 32.6 Å². The first-order valence-corrected chi connectivity index (χ1v) is 15.8. The fourth-order valence-electron chi connectivity index (χ4n) is 4.30. The third-order valence-electron chi connectivity index (χ3n) is 6.42. The smallest absolute Gasteiger partial charge is 0.244 e. The SMILES string of the molecule is CCCNC(=O)[C@H](Cc1ccccc1)N(Cc1ccc(Br)cc1)C(=O)CN(c1ccc(OC)c(OC)c1)S(C)(=O)=O. The monoisotopic (exact) mass is 645 g/mol. The fraction of sp³-hybridized carbons (Fsp3) is 0.333. The minimum absolute atomic E-state index is 0.104. The molecule has 0 saturated carbocycles. The molecule has 220 valence electrons. The Hall–Kier alpha value is -3.57. The number of anilines is 1. The van der Waals surface area contributed by atoms with Crippen LogP contribution in [-0.2, 0) is 32.6 Å². The Kier molecular flexibility index (Phi) is 11.6. The van der Waals surface area contributed by atoms with Crippen LogP contribution in [0.5, 0.6) is 11.5 Å². The van der Waals surface area contributed by atoms with Crippen molar-refractivity contribution in [1.82, 2.24) is 10.2 Å². The molecule has 1 atom stereocenters. The van der Waals surface area contributed by atoms with Gasteiger partial charge >= 0.3 is 0 Å². The molecular weight excluding hydrogens is 610 g/mol. The molecule has 41 heavy (non-hydrogen) atoms. The zero-order valence-corrected chi connectivity index (χ0v) is 26.1. The van der Waals surface area contributed by atoms with Crippen LogP contribution in [-0.4, -0.2) is 64.7 Å². The summed E-state index contributed by atoms with van der Waals surface area (Å²) in [5, 5.41) is 2.92. The predicted molar refractivity (Wildman–Crippen MR) is 164 cm³/mol. The number of carbonyl (C=O) groups is 2. The standard InChI is InChI=1S/C30H36BrN3O6S/c1-5-17-32-30(36)26(18-22-9-7-6-8-10-22)33(20-23-11-13-24(31)14-12-23)29(35)21-34(41(4,37)38)25-15-16-27(39-2)28(19-25)40-3/h6-16,19,26H,5,17-18,20-21H2,1-4H3,(H,32,36)/t26-/m0/s1. The summed E-state index contributed by atoms with van der Waals surface area (Å²) in [4.78, 5) is 29.1. The lowest BCUT2D eigenvalue weighted by atomic mass is 10.0. The molecule has 0 aliphatic rings. The van der Waals surface area contributed by atoms with Gasteiger partial charge in [-0.15, -0.1) is 0 Å². The van der Waals surface area contributed by atoms with E-state index in [1.807, 2.05) is 61.5 Å². The molecule has 0 heterocycles. The van der Waals surface area contributed by atoms with Crippen molar-refractivity contribution in [2.75, 3.05) is 37.9 Å². The molecule has 9 nitrogen and oxygen atoms in total. The molecule has 0 aliphatic carbocycles. The van der Waals surface area contributed by atoms with Gasteiger partial charge in [-0.3, -0.25) is 13.9 Å². The maximum absolute atomic E-state index is 14.1. The van der Waals surface area contributed by atoms with Gasteiger partial charge in [-0.2, -0.15) is 0 Å². The average molecular weight is 647 g/mol. The normalized spacial score (nSPS) is 11.8. The molecule has 0 saturated heterocycles. The molecule has 0 fully saturated rings. The first kappa shape index (κ1) is 32.0. The van der Waals surface area contributed by atoms with Crippen molar-refractivity contribution in [2.24, 2.45) is 0 Å². The molecule has 3 aromatic carbocycles. The Morgan fingerprint density at radius 1 is 0.927 bits per heavy atom. The van der Waals surface area contributed by atoms with Gasteiger partial charge in [0.15, 0.2) is 11.5 Å². The highest BCUT2D eigenvalue weighted by molar-refractivity contribution is 9.10. The van der Waals surface area contributed by atoms with E-state index in [4.69, 9.17) is 9.47 Å². The minimum atomic E-state index is -3.91. The van der Waals surface area contributed by atoms with Crippen molar-refractivity contribution in [3.63, 3.8) is 0 Å². The van der Waals surface area contributed by atoms with E-state index in [2.05, 4.69) is 21.2 Å². The summed E-state index contributed by atoms with van der Waals surface area (Å²) in [6.45, 7) is 1.99. The summed E-state index contributed by atoms with van der Waals surface area (Å²) in [6.07, 6.45) is 2.02. The summed E-state index contributed by atoms with van der Waals surface area (Å²) in [5.74, 6) is -0.0963. The summed E-state index contributed by atoms with van der Waals surface area (Å²) in [7, 11) is -0.983. The van der Waals surface area contributed by atoms with Gasteiger partial charge in [0.1, 0.15) is 12.6 Å². The van der Waals surface area contributed by atoms with E-state index in [1.54, 1.807) is 12.1 Å². The van der Waals surface area contributed by atoms with Crippen molar-refractivity contribution < 1.29 is 27.5 Å². The Labute approximate surface area is 250 Å². The topological polar surface area (TPSA) is 105 Å². The van der Waals surface area contributed by atoms with Gasteiger partial charge in [0.2, 0.25) is 21.8 Å². The number of nitrogens with one attached hydrogen (secondary N) is 1. The lowest BCUT2D eigenvalue weighted by Crippen LogP contribution is -2.53. The molecule has 2 amide bonds. The summed E-state index contributed by atoms with van der Waals surface area (Å²) in [5.41, 5.74) is 1.90. The number of sulfonamides is 1. The van der Waals surface area contributed by atoms with Gasteiger partial charge in [-0.1, -0.05) is 65.3 Å². The Morgan fingerprint density at radius 2 is 1.59 bits per heavy atom. The van der Waals surface area contributed by atoms with E-state index in [1.165, 1.54) is 25.2 Å². The predicted octanol–water partition coefficient (Wildman–Crippen LogP) is 4.40. The molecule has 0 spiro atoms. The van der Waals surface area contributed by atoms with Crippen molar-refractivity contribution in [3.8, 4) is 11.5 Å². The summed E-state index contributed by atoms with van der Waals surface area (Å²) < 4.78 is 38.5. The first-order valence-electron chi connectivity index (χ1n) is 13.1. The van der Waals surface area contributed by atoms with Crippen LogP contribution in [0, 0.1) is 0 Å². The van der Waals surface area contributed by atoms with E-state index >= 15 is 0 Å². The molecule has 0 bridgehead atoms. The van der Waals surface area contributed by atoms with E-state index in [9.17, 15) is 18.0 Å². The molecule has 11 heteroatoms. The molecule has 3 rings (SSSR count). The number of carbonyl (C=O) groups excluding carboxylic acids is 2. The van der Waals surface area contributed by atoms with Gasteiger partial charge in [0.05, 0.1) is 26.2 Å². The van der Waals surface area contributed by atoms with Crippen LogP contribution in [0.25, 0.3) is 0 Å². The summed E-state index contributed by atoms with van der Waals surface area (Å²) in [6, 6.07) is 20.6. The quantitative estimate of drug-likeness (QED) is 0.279. The second-order valence-electron chi connectivity index (χ2n) is 9.45. The van der Waals surface area contributed by atoms with E-state index in [0.29, 0.717) is 18.0 Å². The Balaban J connectivity index is 2.05. The summed E-state index contributed by atoms with van der Waals surface area (Å²) >= 11 is 3.43. The van der Waals surface area contributed by atoms with Crippen LogP contribution < -0.4 is 19.1 Å². The second kappa shape index (κ2) is 14.9. The van der Waals surface area contributed by atoms with Gasteiger partial charge in [0, 0.05) is 30.0 Å². The van der Waals surface area contributed by atoms with Gasteiger partial charge < -0.3 is 19.7 Å². The number of ether oxygens (including phenoxy) is 2. The molecule has 0 unspecified atom stereocenters. The minimum Gasteiger partial charge on any atom is -0.493 e. The number of nitrogens with zero attached hydrogens (tertiary/aromatic N) is 2. The third kappa shape index (κ3) is 8.96. The average Bonchev–Trinajstić information content (AvgIpc) is 2.96. The second-order valence-corrected chi connectivity index (χ2v) is 12.3. The van der Waals surface area contributed by atoms with Gasteiger partial charge in [-0.25, -0.2) is 8.42 Å². The largest absolute Gasteiger partial charge is 0.493 e. The van der Waals surface area contributed by atoms with Crippen LogP contribution in [0.2, 0.25) is 0 Å². The number of methoxy groups -OCH3 is 2. The zero-order valence-electron chi connectivity index (χ0n) is 23.7. The van der Waals surface area contributed by atoms with Crippen molar-refractivity contribution in [2.45, 2.75) is 32.4 Å². The fourth-order valence-corrected chi connectivity index (χ4v) is 5.41. The van der Waals surface area contributed by atoms with Crippen molar-refractivity contribution in [1.29, 1.82) is 0 Å². The molecule has 0 aliphatic heterocycles. The first-order chi connectivity index (χ1) is 19.6. The third-order valence-corrected chi connectivity index (χ3v) is 8.09. The van der Waals surface area contributed by atoms with Crippen LogP contribution in [0.3, 0.4) is 0 Å². The maximum Gasteiger partial charge on any atom is 0.244 e. The number of benzene rings is 3. The van der Waals surface area contributed by atoms with Crippen LogP contribution in [0.4, 0.5) is 5.69 Å². The highest BCUT2D eigenvalue weighted by atomic mass is 79.9. The number of halogens is 1. The maximum atomic E-state index is 14.1. The lowest BCUT2D eigenvalue weighted by molar-refractivity contribution is -0.140. The highest BCUT2D eigenvalue weighted by Crippen LogP contribution is 2.32. The molecule has 3 aromatic rings. The molecule has 1 N–H and O–H groups in total. The zero-order chi connectivity index (χ0) is 30.0. The lowest BCUT2D eigenvalue weighted by Gasteiger charge is -2.33. The molecule has 0 radical (unpaired) electrons. The molecular formula is C30H36BrN3O6S. The van der Waals surface area contributed by atoms with Crippen LogP contribution in [0.1, 0.15) is 24.5 Å². The number of amides is 2. The van der Waals surface area contributed by atoms with Gasteiger partial charge in [0.25, 0.3) is 0 Å². The van der Waals surface area contributed by atoms with Crippen LogP contribution >= 0.6 is 15.9 Å². The van der Waals surface area contributed by atoms with Crippen molar-refractivity contribution in [3.05, 3.63) is 88.4 Å². The van der Waals surface area contributed by atoms with E-state index < -0.39 is 28.5 Å². The number of hydrogen-bond acceptors (Lipinski definition) is 6. The van der Waals surface area contributed by atoms with Crippen LogP contribution in [0.15, 0.2) is 77.3 Å². The Bertz CT molecular complexity index is 1420. The van der Waals surface area contributed by atoms with E-state index in [-0.39, 0.29) is 24.6 Å². The highest BCUT2D eigenvalue weighted by Gasteiger charge is 2.33. The molecule has 0 aromatic heterocycles. The van der Waals surface area contributed by atoms with Gasteiger partial charge in [-0.05, 0) is 41.8 Å². The number of rotatable bonds is 14. The number of hydrogen-bond donors (Lipinski definition) is 1. The van der Waals surface area contributed by atoms with Crippen molar-refractivity contribution >= 4 is 43.5 Å². The Morgan fingerprint density at radius 3 is 2.17 bits per heavy atom.